The van der Waals surface area contributed by atoms with Gasteiger partial charge in [0.2, 0.25) is 0 Å². The molecule has 102 valence electrons. The Bertz CT molecular complexity index is 624. The van der Waals surface area contributed by atoms with Gasteiger partial charge in [0.25, 0.3) is 0 Å². The molecule has 2 atom stereocenters. The Morgan fingerprint density at radius 3 is 2.70 bits per heavy atom. The fraction of sp³-hybridized carbons (Fsp3) is 0.333. The van der Waals surface area contributed by atoms with Crippen molar-refractivity contribution in [1.82, 2.24) is 0 Å². The van der Waals surface area contributed by atoms with E-state index in [2.05, 4.69) is 66.5 Å². The molecular formula is C18H19NO. The van der Waals surface area contributed by atoms with Gasteiger partial charge in [-0.1, -0.05) is 48.5 Å². The first-order valence-corrected chi connectivity index (χ1v) is 7.29. The molecule has 2 aromatic carbocycles. The van der Waals surface area contributed by atoms with Crippen LogP contribution in [-0.2, 0) is 16.6 Å². The van der Waals surface area contributed by atoms with E-state index in [9.17, 15) is 0 Å². The van der Waals surface area contributed by atoms with Crippen LogP contribution in [0.15, 0.2) is 54.6 Å². The number of ether oxygens (including phenoxy) is 1. The largest absolute Gasteiger partial charge is 0.357 e. The SMILES string of the molecule is CN1c2ccccc2C2(Cc3ccccc3)CCOC12. The van der Waals surface area contributed by atoms with Crippen molar-refractivity contribution >= 4 is 5.69 Å². The van der Waals surface area contributed by atoms with Gasteiger partial charge in [-0.3, -0.25) is 0 Å². The Labute approximate surface area is 120 Å². The molecule has 0 aromatic heterocycles. The molecule has 2 heterocycles. The third-order valence-electron chi connectivity index (χ3n) is 4.83. The van der Waals surface area contributed by atoms with Gasteiger partial charge in [0.15, 0.2) is 0 Å². The predicted octanol–water partition coefficient (Wildman–Crippen LogP) is 3.36. The number of likely N-dealkylation sites (N-methyl/N-ethyl adjacent to an activating group) is 1. The molecular weight excluding hydrogens is 246 g/mol. The summed E-state index contributed by atoms with van der Waals surface area (Å²) in [6.07, 6.45) is 2.34. The molecule has 0 aliphatic carbocycles. The average Bonchev–Trinajstić information content (AvgIpc) is 3.00. The van der Waals surface area contributed by atoms with E-state index < -0.39 is 0 Å². The minimum absolute atomic E-state index is 0.118. The molecule has 0 saturated carbocycles. The topological polar surface area (TPSA) is 12.5 Å². The Morgan fingerprint density at radius 1 is 1.10 bits per heavy atom. The average molecular weight is 265 g/mol. The molecule has 2 nitrogen and oxygen atoms in total. The van der Waals surface area contributed by atoms with Gasteiger partial charge in [0.05, 0.1) is 6.61 Å². The first-order valence-electron chi connectivity index (χ1n) is 7.29. The van der Waals surface area contributed by atoms with E-state index >= 15 is 0 Å². The van der Waals surface area contributed by atoms with E-state index in [0.717, 1.165) is 19.4 Å². The van der Waals surface area contributed by atoms with E-state index in [0.29, 0.717) is 0 Å². The predicted molar refractivity (Wildman–Crippen MR) is 81.0 cm³/mol. The van der Waals surface area contributed by atoms with Crippen molar-refractivity contribution in [2.75, 3.05) is 18.6 Å². The van der Waals surface area contributed by atoms with Gasteiger partial charge >= 0.3 is 0 Å². The van der Waals surface area contributed by atoms with Gasteiger partial charge in [-0.15, -0.1) is 0 Å². The number of anilines is 1. The van der Waals surface area contributed by atoms with Crippen LogP contribution in [0.25, 0.3) is 0 Å². The summed E-state index contributed by atoms with van der Waals surface area (Å²) in [4.78, 5) is 2.31. The maximum atomic E-state index is 6.07. The van der Waals surface area contributed by atoms with Gasteiger partial charge in [0.1, 0.15) is 6.23 Å². The van der Waals surface area contributed by atoms with Crippen molar-refractivity contribution in [2.45, 2.75) is 24.5 Å². The number of nitrogens with zero attached hydrogens (tertiary/aromatic N) is 1. The molecule has 1 fully saturated rings. The van der Waals surface area contributed by atoms with E-state index in [4.69, 9.17) is 4.74 Å². The van der Waals surface area contributed by atoms with Crippen LogP contribution >= 0.6 is 0 Å². The first-order chi connectivity index (χ1) is 9.81. The molecule has 2 unspecified atom stereocenters. The Hall–Kier alpha value is -1.80. The molecule has 0 amide bonds. The lowest BCUT2D eigenvalue weighted by molar-refractivity contribution is 0.0875. The summed E-state index contributed by atoms with van der Waals surface area (Å²) in [5.41, 5.74) is 4.29. The van der Waals surface area contributed by atoms with E-state index in [1.807, 2.05) is 0 Å². The van der Waals surface area contributed by atoms with Crippen LogP contribution in [0.4, 0.5) is 5.69 Å². The lowest BCUT2D eigenvalue weighted by atomic mass is 9.75. The molecule has 2 aliphatic heterocycles. The molecule has 0 N–H and O–H groups in total. The summed E-state index contributed by atoms with van der Waals surface area (Å²) in [5.74, 6) is 0. The van der Waals surface area contributed by atoms with Crippen molar-refractivity contribution in [2.24, 2.45) is 0 Å². The molecule has 2 aromatic rings. The second-order valence-electron chi connectivity index (χ2n) is 5.92. The summed E-state index contributed by atoms with van der Waals surface area (Å²) < 4.78 is 6.07. The van der Waals surface area contributed by atoms with Crippen LogP contribution in [0.1, 0.15) is 17.5 Å². The van der Waals surface area contributed by atoms with Gasteiger partial charge in [-0.25, -0.2) is 0 Å². The van der Waals surface area contributed by atoms with Gasteiger partial charge in [-0.05, 0) is 30.0 Å². The van der Waals surface area contributed by atoms with Crippen LogP contribution < -0.4 is 4.90 Å². The highest BCUT2D eigenvalue weighted by atomic mass is 16.5. The molecule has 0 bridgehead atoms. The lowest BCUT2D eigenvalue weighted by Crippen LogP contribution is -2.41. The van der Waals surface area contributed by atoms with Gasteiger partial charge in [0, 0.05) is 18.2 Å². The van der Waals surface area contributed by atoms with Gasteiger partial charge < -0.3 is 9.64 Å². The zero-order chi connectivity index (χ0) is 13.6. The zero-order valence-electron chi connectivity index (χ0n) is 11.8. The molecule has 0 radical (unpaired) electrons. The summed E-state index contributed by atoms with van der Waals surface area (Å²) in [7, 11) is 2.15. The number of hydrogen-bond acceptors (Lipinski definition) is 2. The van der Waals surface area contributed by atoms with Crippen LogP contribution in [-0.4, -0.2) is 19.9 Å². The van der Waals surface area contributed by atoms with Crippen molar-refractivity contribution in [3.05, 3.63) is 65.7 Å². The summed E-state index contributed by atoms with van der Waals surface area (Å²) >= 11 is 0. The second-order valence-corrected chi connectivity index (χ2v) is 5.92. The minimum atomic E-state index is 0.118. The quantitative estimate of drug-likeness (QED) is 0.825. The summed E-state index contributed by atoms with van der Waals surface area (Å²) in [6, 6.07) is 19.6. The Balaban J connectivity index is 1.82. The number of benzene rings is 2. The van der Waals surface area contributed by atoms with Crippen LogP contribution in [0.2, 0.25) is 0 Å². The van der Waals surface area contributed by atoms with Gasteiger partial charge in [-0.2, -0.15) is 0 Å². The smallest absolute Gasteiger partial charge is 0.140 e. The highest BCUT2D eigenvalue weighted by Gasteiger charge is 2.53. The molecule has 20 heavy (non-hydrogen) atoms. The maximum Gasteiger partial charge on any atom is 0.140 e. The fourth-order valence-corrected chi connectivity index (χ4v) is 3.95. The van der Waals surface area contributed by atoms with Crippen molar-refractivity contribution < 1.29 is 4.74 Å². The highest BCUT2D eigenvalue weighted by Crippen LogP contribution is 2.52. The van der Waals surface area contributed by atoms with E-state index in [1.54, 1.807) is 0 Å². The summed E-state index contributed by atoms with van der Waals surface area (Å²) in [6.45, 7) is 0.857. The third-order valence-corrected chi connectivity index (χ3v) is 4.83. The molecule has 2 aliphatic rings. The van der Waals surface area contributed by atoms with Crippen LogP contribution in [0, 0.1) is 0 Å². The number of rotatable bonds is 2. The summed E-state index contributed by atoms with van der Waals surface area (Å²) in [5, 5.41) is 0. The third kappa shape index (κ3) is 1.55. The van der Waals surface area contributed by atoms with E-state index in [1.165, 1.54) is 16.8 Å². The zero-order valence-corrected chi connectivity index (χ0v) is 11.8. The first kappa shape index (κ1) is 12.0. The number of para-hydroxylation sites is 1. The van der Waals surface area contributed by atoms with Crippen LogP contribution in [0.5, 0.6) is 0 Å². The lowest BCUT2D eigenvalue weighted by Gasteiger charge is -2.30. The van der Waals surface area contributed by atoms with Crippen molar-refractivity contribution in [3.63, 3.8) is 0 Å². The Kier molecular flexibility index (Phi) is 2.61. The molecule has 0 spiro atoms. The fourth-order valence-electron chi connectivity index (χ4n) is 3.95. The number of hydrogen-bond donors (Lipinski definition) is 0. The normalized spacial score (nSPS) is 27.4. The number of fused-ring (bicyclic) bond motifs is 3. The standard InChI is InChI=1S/C18H19NO/c1-19-16-10-6-5-9-15(16)18(11-12-20-17(18)19)13-14-7-3-2-4-8-14/h2-10,17H,11-13H2,1H3. The second kappa shape index (κ2) is 4.35. The highest BCUT2D eigenvalue weighted by molar-refractivity contribution is 5.64. The van der Waals surface area contributed by atoms with E-state index in [-0.39, 0.29) is 11.6 Å². The molecule has 1 saturated heterocycles. The Morgan fingerprint density at radius 2 is 1.85 bits per heavy atom. The maximum absolute atomic E-state index is 6.07. The minimum Gasteiger partial charge on any atom is -0.357 e. The monoisotopic (exact) mass is 265 g/mol. The van der Waals surface area contributed by atoms with Crippen LogP contribution in [0.3, 0.4) is 0 Å². The molecule has 4 rings (SSSR count). The van der Waals surface area contributed by atoms with Crippen molar-refractivity contribution in [3.8, 4) is 0 Å². The molecule has 2 heteroatoms. The van der Waals surface area contributed by atoms with Crippen molar-refractivity contribution in [1.29, 1.82) is 0 Å².